The van der Waals surface area contributed by atoms with Gasteiger partial charge in [-0.05, 0) is 19.1 Å². The average molecular weight is 203 g/mol. The molecule has 0 radical (unpaired) electrons. The maximum atomic E-state index is 4.74. The molecule has 4 heteroatoms. The van der Waals surface area contributed by atoms with E-state index in [2.05, 4.69) is 10.1 Å². The zero-order valence-corrected chi connectivity index (χ0v) is 9.06. The molecule has 0 fully saturated rings. The van der Waals surface area contributed by atoms with Crippen molar-refractivity contribution >= 4 is 16.7 Å². The summed E-state index contributed by atoms with van der Waals surface area (Å²) >= 11 is 0. The molecule has 78 valence electrons. The van der Waals surface area contributed by atoms with E-state index in [1.54, 1.807) is 0 Å². The molecule has 0 saturated heterocycles. The highest BCUT2D eigenvalue weighted by Gasteiger charge is 2.09. The lowest BCUT2D eigenvalue weighted by atomic mass is 10.3. The van der Waals surface area contributed by atoms with Crippen LogP contribution < -0.4 is 0 Å². The molecule has 1 aromatic heterocycles. The first-order valence-electron chi connectivity index (χ1n) is 4.73. The van der Waals surface area contributed by atoms with Gasteiger partial charge in [0.2, 0.25) is 0 Å². The number of para-hydroxylation sites is 2. The van der Waals surface area contributed by atoms with Crippen molar-refractivity contribution in [2.75, 3.05) is 7.11 Å². The zero-order valence-electron chi connectivity index (χ0n) is 9.06. The van der Waals surface area contributed by atoms with Gasteiger partial charge in [-0.25, -0.2) is 4.98 Å². The van der Waals surface area contributed by atoms with Crippen LogP contribution in [0, 0.1) is 0 Å². The van der Waals surface area contributed by atoms with E-state index in [9.17, 15) is 0 Å². The van der Waals surface area contributed by atoms with E-state index in [0.717, 1.165) is 22.6 Å². The van der Waals surface area contributed by atoms with Gasteiger partial charge in [-0.3, -0.25) is 0 Å². The van der Waals surface area contributed by atoms with Crippen molar-refractivity contribution in [3.05, 3.63) is 30.1 Å². The minimum absolute atomic E-state index is 0.774. The van der Waals surface area contributed by atoms with Crippen LogP contribution >= 0.6 is 0 Å². The Kier molecular flexibility index (Phi) is 2.41. The summed E-state index contributed by atoms with van der Waals surface area (Å²) in [6.45, 7) is 1.88. The highest BCUT2D eigenvalue weighted by atomic mass is 16.6. The van der Waals surface area contributed by atoms with Gasteiger partial charge in [-0.2, -0.15) is 0 Å². The van der Waals surface area contributed by atoms with Crippen molar-refractivity contribution in [3.63, 3.8) is 0 Å². The molecule has 0 unspecified atom stereocenters. The van der Waals surface area contributed by atoms with Crippen LogP contribution in [0.25, 0.3) is 11.0 Å². The summed E-state index contributed by atoms with van der Waals surface area (Å²) in [5, 5.41) is 3.88. The fourth-order valence-electron chi connectivity index (χ4n) is 1.65. The van der Waals surface area contributed by atoms with Gasteiger partial charge in [0, 0.05) is 7.05 Å². The number of aryl methyl sites for hydroxylation is 1. The highest BCUT2D eigenvalue weighted by Crippen LogP contribution is 2.14. The number of fused-ring (bicyclic) bond motifs is 1. The van der Waals surface area contributed by atoms with Crippen molar-refractivity contribution in [1.82, 2.24) is 9.55 Å². The quantitative estimate of drug-likeness (QED) is 0.552. The molecule has 15 heavy (non-hydrogen) atoms. The number of aromatic nitrogens is 2. The number of imidazole rings is 1. The lowest BCUT2D eigenvalue weighted by Crippen LogP contribution is -2.04. The standard InChI is InChI=1S/C11H13N3O/c1-8(13-15-3)11-12-9-6-4-5-7-10(9)14(11)2/h4-7H,1-3H3. The zero-order chi connectivity index (χ0) is 10.8. The fourth-order valence-corrected chi connectivity index (χ4v) is 1.65. The third-order valence-corrected chi connectivity index (χ3v) is 2.34. The minimum atomic E-state index is 0.774. The van der Waals surface area contributed by atoms with Gasteiger partial charge < -0.3 is 9.40 Å². The maximum Gasteiger partial charge on any atom is 0.158 e. The van der Waals surface area contributed by atoms with Gasteiger partial charge >= 0.3 is 0 Å². The number of oxime groups is 1. The van der Waals surface area contributed by atoms with E-state index in [0.29, 0.717) is 0 Å². The first kappa shape index (κ1) is 9.71. The molecule has 0 amide bonds. The third-order valence-electron chi connectivity index (χ3n) is 2.34. The molecule has 0 spiro atoms. The molecule has 1 heterocycles. The smallest absolute Gasteiger partial charge is 0.158 e. The van der Waals surface area contributed by atoms with Gasteiger partial charge in [0.15, 0.2) is 5.82 Å². The second kappa shape index (κ2) is 3.73. The Balaban J connectivity index is 2.63. The Labute approximate surface area is 88.2 Å². The van der Waals surface area contributed by atoms with E-state index in [-0.39, 0.29) is 0 Å². The predicted octanol–water partition coefficient (Wildman–Crippen LogP) is 1.94. The normalized spacial score (nSPS) is 12.1. The summed E-state index contributed by atoms with van der Waals surface area (Å²) in [5.41, 5.74) is 2.84. The van der Waals surface area contributed by atoms with Crippen LogP contribution in [-0.4, -0.2) is 22.4 Å². The molecule has 0 saturated carbocycles. The molecule has 0 aliphatic heterocycles. The van der Waals surface area contributed by atoms with Crippen molar-refractivity contribution in [2.45, 2.75) is 6.92 Å². The minimum Gasteiger partial charge on any atom is -0.399 e. The summed E-state index contributed by atoms with van der Waals surface area (Å²) in [4.78, 5) is 9.23. The maximum absolute atomic E-state index is 4.74. The molecule has 2 aromatic rings. The molecule has 1 aromatic carbocycles. The van der Waals surface area contributed by atoms with Crippen molar-refractivity contribution in [1.29, 1.82) is 0 Å². The number of benzene rings is 1. The van der Waals surface area contributed by atoms with Crippen LogP contribution in [-0.2, 0) is 11.9 Å². The summed E-state index contributed by atoms with van der Waals surface area (Å²) in [7, 11) is 3.51. The predicted molar refractivity (Wildman–Crippen MR) is 59.9 cm³/mol. The van der Waals surface area contributed by atoms with Gasteiger partial charge in [-0.15, -0.1) is 0 Å². The van der Waals surface area contributed by atoms with Gasteiger partial charge in [-0.1, -0.05) is 17.3 Å². The largest absolute Gasteiger partial charge is 0.399 e. The van der Waals surface area contributed by atoms with Crippen LogP contribution in [0.5, 0.6) is 0 Å². The lowest BCUT2D eigenvalue weighted by molar-refractivity contribution is 0.213. The molecular formula is C11H13N3O. The van der Waals surface area contributed by atoms with Gasteiger partial charge in [0.05, 0.1) is 11.0 Å². The number of nitrogens with zero attached hydrogens (tertiary/aromatic N) is 3. The van der Waals surface area contributed by atoms with Gasteiger partial charge in [0.1, 0.15) is 12.8 Å². The Morgan fingerprint density at radius 3 is 2.80 bits per heavy atom. The molecule has 0 aliphatic rings. The van der Waals surface area contributed by atoms with Crippen LogP contribution in [0.2, 0.25) is 0 Å². The number of rotatable bonds is 2. The van der Waals surface area contributed by atoms with E-state index >= 15 is 0 Å². The van der Waals surface area contributed by atoms with Crippen LogP contribution in [0.15, 0.2) is 29.4 Å². The summed E-state index contributed by atoms with van der Waals surface area (Å²) in [6.07, 6.45) is 0. The second-order valence-electron chi connectivity index (χ2n) is 3.34. The molecule has 0 bridgehead atoms. The van der Waals surface area contributed by atoms with Crippen molar-refractivity contribution in [2.24, 2.45) is 12.2 Å². The summed E-state index contributed by atoms with van der Waals surface area (Å²) in [5.74, 6) is 0.832. The Morgan fingerprint density at radius 2 is 2.13 bits per heavy atom. The van der Waals surface area contributed by atoms with Crippen LogP contribution in [0.4, 0.5) is 0 Å². The topological polar surface area (TPSA) is 39.4 Å². The molecule has 0 aliphatic carbocycles. The Morgan fingerprint density at radius 1 is 1.40 bits per heavy atom. The number of hydrogen-bond donors (Lipinski definition) is 0. The van der Waals surface area contributed by atoms with Crippen LogP contribution in [0.1, 0.15) is 12.7 Å². The summed E-state index contributed by atoms with van der Waals surface area (Å²) < 4.78 is 2.01. The molecule has 4 nitrogen and oxygen atoms in total. The van der Waals surface area contributed by atoms with Gasteiger partial charge in [0.25, 0.3) is 0 Å². The fraction of sp³-hybridized carbons (Fsp3) is 0.273. The Bertz CT molecular complexity index is 514. The molecule has 2 rings (SSSR count). The van der Waals surface area contributed by atoms with Crippen LogP contribution in [0.3, 0.4) is 0 Å². The van der Waals surface area contributed by atoms with E-state index < -0.39 is 0 Å². The highest BCUT2D eigenvalue weighted by molar-refractivity contribution is 5.98. The van der Waals surface area contributed by atoms with E-state index in [1.807, 2.05) is 42.8 Å². The monoisotopic (exact) mass is 203 g/mol. The SMILES string of the molecule is CON=C(C)c1nc2ccccc2n1C. The third kappa shape index (κ3) is 1.58. The van der Waals surface area contributed by atoms with Crippen molar-refractivity contribution < 1.29 is 4.84 Å². The average Bonchev–Trinajstić information content (AvgIpc) is 2.57. The molecule has 0 atom stereocenters. The first-order valence-corrected chi connectivity index (χ1v) is 4.73. The first-order chi connectivity index (χ1) is 7.24. The number of hydrogen-bond acceptors (Lipinski definition) is 3. The van der Waals surface area contributed by atoms with E-state index in [4.69, 9.17) is 4.84 Å². The Hall–Kier alpha value is -1.84. The lowest BCUT2D eigenvalue weighted by Gasteiger charge is -2.00. The summed E-state index contributed by atoms with van der Waals surface area (Å²) in [6, 6.07) is 7.99. The molecule has 0 N–H and O–H groups in total. The second-order valence-corrected chi connectivity index (χ2v) is 3.34. The van der Waals surface area contributed by atoms with E-state index in [1.165, 1.54) is 7.11 Å². The molecular weight excluding hydrogens is 190 g/mol. The van der Waals surface area contributed by atoms with Crippen molar-refractivity contribution in [3.8, 4) is 0 Å².